The van der Waals surface area contributed by atoms with Gasteiger partial charge < -0.3 is 5.32 Å². The molecule has 0 saturated carbocycles. The van der Waals surface area contributed by atoms with Crippen LogP contribution in [-0.2, 0) is 11.2 Å². The number of hydrogen-bond acceptors (Lipinski definition) is 3. The second-order valence-electron chi connectivity index (χ2n) is 6.55. The molecule has 0 saturated heterocycles. The molecule has 1 unspecified atom stereocenters. The van der Waals surface area contributed by atoms with Gasteiger partial charge in [0.05, 0.1) is 0 Å². The van der Waals surface area contributed by atoms with Crippen molar-refractivity contribution in [3.05, 3.63) is 35.9 Å². The first kappa shape index (κ1) is 14.6. The molecule has 0 spiro atoms. The van der Waals surface area contributed by atoms with Crippen molar-refractivity contribution >= 4 is 11.9 Å². The normalized spacial score (nSPS) is 22.4. The molecule has 4 nitrogen and oxygen atoms in total. The topological polar surface area (TPSA) is 53.5 Å². The van der Waals surface area contributed by atoms with Crippen LogP contribution in [0.3, 0.4) is 0 Å². The van der Waals surface area contributed by atoms with Crippen molar-refractivity contribution in [2.45, 2.75) is 51.6 Å². The summed E-state index contributed by atoms with van der Waals surface area (Å²) in [5.41, 5.74) is 0.439. The number of rotatable bonds is 3. The van der Waals surface area contributed by atoms with Crippen molar-refractivity contribution < 1.29 is 4.79 Å². The van der Waals surface area contributed by atoms with Gasteiger partial charge in [0.25, 0.3) is 5.91 Å². The van der Waals surface area contributed by atoms with Gasteiger partial charge in [-0.15, -0.1) is 0 Å². The van der Waals surface area contributed by atoms with E-state index in [1.54, 1.807) is 0 Å². The van der Waals surface area contributed by atoms with Crippen LogP contribution in [0, 0.1) is 0 Å². The molecule has 0 bridgehead atoms. The molecule has 1 atom stereocenters. The van der Waals surface area contributed by atoms with Gasteiger partial charge in [-0.1, -0.05) is 30.3 Å². The van der Waals surface area contributed by atoms with Crippen LogP contribution in [0.15, 0.2) is 35.3 Å². The van der Waals surface area contributed by atoms with E-state index in [2.05, 4.69) is 27.8 Å². The summed E-state index contributed by atoms with van der Waals surface area (Å²) < 4.78 is 0. The zero-order valence-corrected chi connectivity index (χ0v) is 12.7. The zero-order chi connectivity index (χ0) is 14.8. The standard InChI is InChI=1S/C16H23N3O/c1-15(2,3)18-14-17-13(20)16(4,19-14)11-10-12-8-6-5-7-9-12/h5-9H,10-11H2,1-4H3,(H2,17,18,19,20). The Bertz CT molecular complexity index is 516. The predicted molar refractivity (Wildman–Crippen MR) is 81.6 cm³/mol. The van der Waals surface area contributed by atoms with Crippen LogP contribution in [0.4, 0.5) is 0 Å². The Kier molecular flexibility index (Phi) is 3.84. The monoisotopic (exact) mass is 273 g/mol. The van der Waals surface area contributed by atoms with Crippen molar-refractivity contribution in [1.29, 1.82) is 0 Å². The van der Waals surface area contributed by atoms with Gasteiger partial charge in [-0.05, 0) is 46.1 Å². The molecule has 1 amide bonds. The second kappa shape index (κ2) is 5.27. The molecule has 0 fully saturated rings. The van der Waals surface area contributed by atoms with Gasteiger partial charge in [-0.3, -0.25) is 10.1 Å². The zero-order valence-electron chi connectivity index (χ0n) is 12.7. The number of aliphatic imine (C=N–C) groups is 1. The summed E-state index contributed by atoms with van der Waals surface area (Å²) in [6, 6.07) is 10.2. The van der Waals surface area contributed by atoms with Gasteiger partial charge in [0.2, 0.25) is 0 Å². The van der Waals surface area contributed by atoms with Gasteiger partial charge in [0.15, 0.2) is 5.96 Å². The highest BCUT2D eigenvalue weighted by molar-refractivity contribution is 6.07. The minimum Gasteiger partial charge on any atom is -0.351 e. The van der Waals surface area contributed by atoms with Crippen LogP contribution in [0.2, 0.25) is 0 Å². The third kappa shape index (κ3) is 3.59. The highest BCUT2D eigenvalue weighted by Gasteiger charge is 2.39. The number of amides is 1. The van der Waals surface area contributed by atoms with E-state index in [9.17, 15) is 4.79 Å². The van der Waals surface area contributed by atoms with Crippen LogP contribution in [0.5, 0.6) is 0 Å². The van der Waals surface area contributed by atoms with Crippen molar-refractivity contribution in [3.8, 4) is 0 Å². The van der Waals surface area contributed by atoms with Gasteiger partial charge in [0.1, 0.15) is 5.54 Å². The van der Waals surface area contributed by atoms with Gasteiger partial charge in [-0.25, -0.2) is 4.99 Å². The second-order valence-corrected chi connectivity index (χ2v) is 6.55. The molecule has 1 aromatic rings. The van der Waals surface area contributed by atoms with E-state index in [0.29, 0.717) is 12.4 Å². The Morgan fingerprint density at radius 2 is 1.90 bits per heavy atom. The number of carbonyl (C=O) groups excluding carboxylic acids is 1. The van der Waals surface area contributed by atoms with Crippen LogP contribution in [0.25, 0.3) is 0 Å². The van der Waals surface area contributed by atoms with E-state index in [4.69, 9.17) is 0 Å². The molecular weight excluding hydrogens is 250 g/mol. The minimum absolute atomic E-state index is 0.0276. The van der Waals surface area contributed by atoms with Crippen LogP contribution in [0.1, 0.15) is 39.7 Å². The number of nitrogens with zero attached hydrogens (tertiary/aromatic N) is 1. The minimum atomic E-state index is -0.677. The molecule has 2 rings (SSSR count). The van der Waals surface area contributed by atoms with E-state index < -0.39 is 5.54 Å². The third-order valence-corrected chi connectivity index (χ3v) is 3.32. The molecule has 4 heteroatoms. The average molecular weight is 273 g/mol. The lowest BCUT2D eigenvalue weighted by Crippen LogP contribution is -2.47. The Morgan fingerprint density at radius 3 is 2.50 bits per heavy atom. The first-order chi connectivity index (χ1) is 9.28. The van der Waals surface area contributed by atoms with Crippen LogP contribution < -0.4 is 10.6 Å². The van der Waals surface area contributed by atoms with Crippen molar-refractivity contribution in [2.24, 2.45) is 4.99 Å². The molecule has 0 radical (unpaired) electrons. The van der Waals surface area contributed by atoms with E-state index in [0.717, 1.165) is 6.42 Å². The molecule has 108 valence electrons. The number of hydrogen-bond donors (Lipinski definition) is 2. The fraction of sp³-hybridized carbons (Fsp3) is 0.500. The maximum Gasteiger partial charge on any atom is 0.254 e. The number of benzene rings is 1. The Labute approximate surface area is 120 Å². The predicted octanol–water partition coefficient (Wildman–Crippen LogP) is 2.25. The van der Waals surface area contributed by atoms with E-state index in [-0.39, 0.29) is 11.4 Å². The highest BCUT2D eigenvalue weighted by atomic mass is 16.2. The lowest BCUT2D eigenvalue weighted by atomic mass is 9.94. The van der Waals surface area contributed by atoms with Gasteiger partial charge in [0, 0.05) is 5.54 Å². The summed E-state index contributed by atoms with van der Waals surface area (Å²) >= 11 is 0. The fourth-order valence-corrected chi connectivity index (χ4v) is 2.18. The highest BCUT2D eigenvalue weighted by Crippen LogP contribution is 2.23. The van der Waals surface area contributed by atoms with Crippen molar-refractivity contribution in [1.82, 2.24) is 10.6 Å². The quantitative estimate of drug-likeness (QED) is 0.887. The Balaban J connectivity index is 2.04. The van der Waals surface area contributed by atoms with Gasteiger partial charge >= 0.3 is 0 Å². The molecular formula is C16H23N3O. The molecule has 0 aromatic heterocycles. The Hall–Kier alpha value is -1.84. The first-order valence-electron chi connectivity index (χ1n) is 7.02. The molecule has 1 aliphatic rings. The fourth-order valence-electron chi connectivity index (χ4n) is 2.18. The number of guanidine groups is 1. The average Bonchev–Trinajstić information content (AvgIpc) is 2.61. The number of nitrogens with one attached hydrogen (secondary N) is 2. The van der Waals surface area contributed by atoms with Gasteiger partial charge in [-0.2, -0.15) is 0 Å². The maximum atomic E-state index is 12.1. The molecule has 20 heavy (non-hydrogen) atoms. The Morgan fingerprint density at radius 1 is 1.25 bits per heavy atom. The van der Waals surface area contributed by atoms with Crippen LogP contribution in [-0.4, -0.2) is 22.9 Å². The van der Waals surface area contributed by atoms with E-state index >= 15 is 0 Å². The van der Waals surface area contributed by atoms with Crippen molar-refractivity contribution in [3.63, 3.8) is 0 Å². The summed E-state index contributed by atoms with van der Waals surface area (Å²) in [7, 11) is 0. The number of carbonyl (C=O) groups is 1. The first-order valence-corrected chi connectivity index (χ1v) is 7.02. The molecule has 1 heterocycles. The molecule has 2 N–H and O–H groups in total. The lowest BCUT2D eigenvalue weighted by Gasteiger charge is -2.21. The van der Waals surface area contributed by atoms with Crippen LogP contribution >= 0.6 is 0 Å². The molecule has 1 aliphatic heterocycles. The third-order valence-electron chi connectivity index (χ3n) is 3.32. The molecule has 1 aromatic carbocycles. The summed E-state index contributed by atoms with van der Waals surface area (Å²) in [6.45, 7) is 8.02. The smallest absolute Gasteiger partial charge is 0.254 e. The van der Waals surface area contributed by atoms with E-state index in [1.807, 2.05) is 45.9 Å². The van der Waals surface area contributed by atoms with E-state index in [1.165, 1.54) is 5.56 Å². The summed E-state index contributed by atoms with van der Waals surface area (Å²) in [4.78, 5) is 16.7. The summed E-state index contributed by atoms with van der Waals surface area (Å²) in [6.07, 6.45) is 1.55. The molecule has 0 aliphatic carbocycles. The largest absolute Gasteiger partial charge is 0.351 e. The van der Waals surface area contributed by atoms with Crippen molar-refractivity contribution in [2.75, 3.05) is 0 Å². The maximum absolute atomic E-state index is 12.1. The lowest BCUT2D eigenvalue weighted by molar-refractivity contribution is -0.123. The number of aryl methyl sites for hydroxylation is 1. The SMILES string of the molecule is CC(C)(C)NC1=NC(C)(CCc2ccccc2)C(=O)N1. The summed E-state index contributed by atoms with van der Waals surface area (Å²) in [5, 5.41) is 6.06. The summed E-state index contributed by atoms with van der Waals surface area (Å²) in [5.74, 6) is 0.554.